The van der Waals surface area contributed by atoms with Gasteiger partial charge in [0.05, 0.1) is 5.92 Å². The predicted octanol–water partition coefficient (Wildman–Crippen LogP) is 1.42. The van der Waals surface area contributed by atoms with E-state index in [0.29, 0.717) is 6.54 Å². The Hall–Kier alpha value is -2.04. The highest BCUT2D eigenvalue weighted by Gasteiger charge is 2.32. The summed E-state index contributed by atoms with van der Waals surface area (Å²) in [6.45, 7) is 4.06. The van der Waals surface area contributed by atoms with E-state index in [1.165, 1.54) is 0 Å². The summed E-state index contributed by atoms with van der Waals surface area (Å²) in [6.07, 6.45) is 0. The van der Waals surface area contributed by atoms with Crippen molar-refractivity contribution in [3.8, 4) is 0 Å². The molecule has 5 nitrogen and oxygen atoms in total. The van der Waals surface area contributed by atoms with Crippen LogP contribution in [0.2, 0.25) is 0 Å². The van der Waals surface area contributed by atoms with Gasteiger partial charge in [-0.2, -0.15) is 0 Å². The molecule has 2 rings (SSSR count). The second-order valence-corrected chi connectivity index (χ2v) is 5.09. The first-order valence-corrected chi connectivity index (χ1v) is 6.36. The number of carboxylic acids is 1. The van der Waals surface area contributed by atoms with Crippen molar-refractivity contribution in [1.82, 2.24) is 5.32 Å². The van der Waals surface area contributed by atoms with Gasteiger partial charge in [0.15, 0.2) is 0 Å². The standard InChI is InChI=1S/C14H18N2O3/c1-8(2)12(14(18)19)16-13(17)10-7-15-11-6-4-3-5-9(10)11/h3-6,8,10,12,15H,7H2,1-2H3,(H,16,17)(H,18,19). The van der Waals surface area contributed by atoms with Gasteiger partial charge in [-0.05, 0) is 17.5 Å². The highest BCUT2D eigenvalue weighted by Crippen LogP contribution is 2.31. The lowest BCUT2D eigenvalue weighted by Gasteiger charge is -2.20. The third kappa shape index (κ3) is 2.70. The fourth-order valence-corrected chi connectivity index (χ4v) is 2.29. The number of amides is 1. The zero-order valence-corrected chi connectivity index (χ0v) is 11.0. The fraction of sp³-hybridized carbons (Fsp3) is 0.429. The molecule has 3 N–H and O–H groups in total. The van der Waals surface area contributed by atoms with Crippen LogP contribution in [0.1, 0.15) is 25.3 Å². The Morgan fingerprint density at radius 2 is 2.05 bits per heavy atom. The molecule has 19 heavy (non-hydrogen) atoms. The topological polar surface area (TPSA) is 78.4 Å². The number of benzene rings is 1. The summed E-state index contributed by atoms with van der Waals surface area (Å²) in [4.78, 5) is 23.3. The Morgan fingerprint density at radius 1 is 1.37 bits per heavy atom. The van der Waals surface area contributed by atoms with Gasteiger partial charge in [0.25, 0.3) is 0 Å². The van der Waals surface area contributed by atoms with E-state index in [4.69, 9.17) is 5.11 Å². The van der Waals surface area contributed by atoms with Gasteiger partial charge in [0.2, 0.25) is 5.91 Å². The Balaban J connectivity index is 2.12. The van der Waals surface area contributed by atoms with Gasteiger partial charge in [-0.3, -0.25) is 4.79 Å². The molecule has 0 saturated heterocycles. The third-order valence-corrected chi connectivity index (χ3v) is 3.38. The van der Waals surface area contributed by atoms with Crippen LogP contribution >= 0.6 is 0 Å². The van der Waals surface area contributed by atoms with Gasteiger partial charge >= 0.3 is 5.97 Å². The van der Waals surface area contributed by atoms with Gasteiger partial charge in [-0.15, -0.1) is 0 Å². The van der Waals surface area contributed by atoms with Crippen molar-refractivity contribution in [1.29, 1.82) is 0 Å². The first-order valence-electron chi connectivity index (χ1n) is 6.36. The van der Waals surface area contributed by atoms with Crippen LogP contribution in [0.15, 0.2) is 24.3 Å². The van der Waals surface area contributed by atoms with E-state index in [1.54, 1.807) is 13.8 Å². The molecule has 1 aliphatic rings. The molecule has 2 atom stereocenters. The summed E-state index contributed by atoms with van der Waals surface area (Å²) in [5.41, 5.74) is 1.87. The number of rotatable bonds is 4. The normalized spacial score (nSPS) is 18.6. The lowest BCUT2D eigenvalue weighted by atomic mass is 9.98. The maximum atomic E-state index is 12.2. The second kappa shape index (κ2) is 5.30. The number of carbonyl (C=O) groups excluding carboxylic acids is 1. The Kier molecular flexibility index (Phi) is 3.74. The van der Waals surface area contributed by atoms with Crippen LogP contribution in [0, 0.1) is 5.92 Å². The number of carbonyl (C=O) groups is 2. The minimum absolute atomic E-state index is 0.147. The minimum Gasteiger partial charge on any atom is -0.480 e. The van der Waals surface area contributed by atoms with Crippen LogP contribution in [0.3, 0.4) is 0 Å². The smallest absolute Gasteiger partial charge is 0.326 e. The van der Waals surface area contributed by atoms with Gasteiger partial charge < -0.3 is 15.7 Å². The fourth-order valence-electron chi connectivity index (χ4n) is 2.29. The molecule has 102 valence electrons. The molecule has 0 fully saturated rings. The number of hydrogen-bond acceptors (Lipinski definition) is 3. The average Bonchev–Trinajstić information content (AvgIpc) is 2.78. The SMILES string of the molecule is CC(C)C(NC(=O)C1CNc2ccccc21)C(=O)O. The quantitative estimate of drug-likeness (QED) is 0.767. The summed E-state index contributed by atoms with van der Waals surface area (Å²) in [5, 5.41) is 14.9. The van der Waals surface area contributed by atoms with Crippen LogP contribution in [-0.4, -0.2) is 29.6 Å². The number of anilines is 1. The van der Waals surface area contributed by atoms with Crippen LogP contribution in [0.4, 0.5) is 5.69 Å². The number of carboxylic acid groups (broad SMARTS) is 1. The molecule has 0 radical (unpaired) electrons. The third-order valence-electron chi connectivity index (χ3n) is 3.38. The largest absolute Gasteiger partial charge is 0.480 e. The zero-order chi connectivity index (χ0) is 14.0. The zero-order valence-electron chi connectivity index (χ0n) is 11.0. The molecule has 0 aliphatic carbocycles. The molecule has 0 aromatic heterocycles. The lowest BCUT2D eigenvalue weighted by Crippen LogP contribution is -2.46. The van der Waals surface area contributed by atoms with Crippen LogP contribution < -0.4 is 10.6 Å². The number of aliphatic carboxylic acids is 1. The van der Waals surface area contributed by atoms with Crippen molar-refractivity contribution >= 4 is 17.6 Å². The monoisotopic (exact) mass is 262 g/mol. The molecule has 0 spiro atoms. The molecule has 1 aromatic rings. The van der Waals surface area contributed by atoms with Crippen LogP contribution in [0.5, 0.6) is 0 Å². The summed E-state index contributed by atoms with van der Waals surface area (Å²) in [6, 6.07) is 6.74. The lowest BCUT2D eigenvalue weighted by molar-refractivity contribution is -0.143. The van der Waals surface area contributed by atoms with E-state index in [1.807, 2.05) is 24.3 Å². The summed E-state index contributed by atoms with van der Waals surface area (Å²) in [7, 11) is 0. The number of nitrogens with one attached hydrogen (secondary N) is 2. The van der Waals surface area contributed by atoms with Gasteiger partial charge in [-0.25, -0.2) is 4.79 Å². The number of para-hydroxylation sites is 1. The van der Waals surface area contributed by atoms with Crippen LogP contribution in [-0.2, 0) is 9.59 Å². The first kappa shape index (κ1) is 13.4. The van der Waals surface area contributed by atoms with Gasteiger partial charge in [0, 0.05) is 12.2 Å². The van der Waals surface area contributed by atoms with Crippen molar-refractivity contribution in [3.05, 3.63) is 29.8 Å². The maximum Gasteiger partial charge on any atom is 0.326 e. The van der Waals surface area contributed by atoms with Crippen molar-refractivity contribution in [2.75, 3.05) is 11.9 Å². The number of hydrogen-bond donors (Lipinski definition) is 3. The van der Waals surface area contributed by atoms with E-state index in [0.717, 1.165) is 11.3 Å². The minimum atomic E-state index is -0.998. The highest BCUT2D eigenvalue weighted by molar-refractivity contribution is 5.91. The molecule has 1 aliphatic heterocycles. The Labute approximate surface area is 112 Å². The predicted molar refractivity (Wildman–Crippen MR) is 72.1 cm³/mol. The van der Waals surface area contributed by atoms with E-state index in [2.05, 4.69) is 10.6 Å². The molecular formula is C14H18N2O3. The molecule has 0 saturated carbocycles. The summed E-state index contributed by atoms with van der Waals surface area (Å²) >= 11 is 0. The van der Waals surface area contributed by atoms with Crippen molar-refractivity contribution in [3.63, 3.8) is 0 Å². The van der Waals surface area contributed by atoms with Crippen LogP contribution in [0.25, 0.3) is 0 Å². The van der Waals surface area contributed by atoms with Crippen molar-refractivity contribution < 1.29 is 14.7 Å². The molecule has 5 heteroatoms. The number of fused-ring (bicyclic) bond motifs is 1. The van der Waals surface area contributed by atoms with E-state index in [9.17, 15) is 9.59 Å². The maximum absolute atomic E-state index is 12.2. The first-order chi connectivity index (χ1) is 9.00. The molecule has 1 amide bonds. The van der Waals surface area contributed by atoms with Crippen molar-refractivity contribution in [2.45, 2.75) is 25.8 Å². The summed E-state index contributed by atoms with van der Waals surface area (Å²) < 4.78 is 0. The summed E-state index contributed by atoms with van der Waals surface area (Å²) in [5.74, 6) is -1.70. The van der Waals surface area contributed by atoms with Gasteiger partial charge in [-0.1, -0.05) is 32.0 Å². The molecule has 0 bridgehead atoms. The Bertz CT molecular complexity index is 499. The molecular weight excluding hydrogens is 244 g/mol. The second-order valence-electron chi connectivity index (χ2n) is 5.09. The van der Waals surface area contributed by atoms with E-state index in [-0.39, 0.29) is 17.7 Å². The van der Waals surface area contributed by atoms with E-state index >= 15 is 0 Å². The van der Waals surface area contributed by atoms with Crippen molar-refractivity contribution in [2.24, 2.45) is 5.92 Å². The van der Waals surface area contributed by atoms with E-state index < -0.39 is 12.0 Å². The highest BCUT2D eigenvalue weighted by atomic mass is 16.4. The average molecular weight is 262 g/mol. The molecule has 2 unspecified atom stereocenters. The van der Waals surface area contributed by atoms with Gasteiger partial charge in [0.1, 0.15) is 6.04 Å². The Morgan fingerprint density at radius 3 is 2.68 bits per heavy atom. The molecule has 1 aromatic carbocycles. The molecule has 1 heterocycles.